The van der Waals surface area contributed by atoms with Crippen LogP contribution in [0.4, 0.5) is 0 Å². The summed E-state index contributed by atoms with van der Waals surface area (Å²) >= 11 is 0. The second kappa shape index (κ2) is 6.53. The molecular weight excluding hydrogens is 228 g/mol. The van der Waals surface area contributed by atoms with Crippen LogP contribution in [0.1, 0.15) is 44.9 Å². The predicted molar refractivity (Wildman–Crippen MR) is 70.9 cm³/mol. The van der Waals surface area contributed by atoms with Crippen LogP contribution in [-0.4, -0.2) is 41.7 Å². The maximum absolute atomic E-state index is 12.6. The van der Waals surface area contributed by atoms with Gasteiger partial charge in [-0.1, -0.05) is 6.42 Å². The molecule has 0 aromatic heterocycles. The standard InChI is InChI=1S/C14H26N2O2/c15-10-11-3-1-4-12(9-11)14(18)16(7-8-17)13-5-2-6-13/h11-13,17H,1-10,15H2. The molecule has 2 saturated carbocycles. The predicted octanol–water partition coefficient (Wildman–Crippen LogP) is 1.12. The van der Waals surface area contributed by atoms with E-state index < -0.39 is 0 Å². The molecule has 0 heterocycles. The number of aliphatic hydroxyl groups excluding tert-OH is 1. The van der Waals surface area contributed by atoms with E-state index in [2.05, 4.69) is 0 Å². The van der Waals surface area contributed by atoms with Gasteiger partial charge in [0.05, 0.1) is 6.61 Å². The molecule has 0 radical (unpaired) electrons. The lowest BCUT2D eigenvalue weighted by molar-refractivity contribution is -0.142. The van der Waals surface area contributed by atoms with E-state index in [1.54, 1.807) is 0 Å². The van der Waals surface area contributed by atoms with Gasteiger partial charge in [-0.05, 0) is 51.0 Å². The summed E-state index contributed by atoms with van der Waals surface area (Å²) in [6.07, 6.45) is 7.68. The molecule has 4 heteroatoms. The molecule has 18 heavy (non-hydrogen) atoms. The van der Waals surface area contributed by atoms with Crippen molar-refractivity contribution >= 4 is 5.91 Å². The molecule has 3 N–H and O–H groups in total. The van der Waals surface area contributed by atoms with Crippen LogP contribution >= 0.6 is 0 Å². The Hall–Kier alpha value is -0.610. The number of nitrogens with zero attached hydrogens (tertiary/aromatic N) is 1. The van der Waals surface area contributed by atoms with Crippen molar-refractivity contribution in [1.29, 1.82) is 0 Å². The van der Waals surface area contributed by atoms with Gasteiger partial charge in [0.1, 0.15) is 0 Å². The highest BCUT2D eigenvalue weighted by Crippen LogP contribution is 2.32. The fraction of sp³-hybridized carbons (Fsp3) is 0.929. The molecule has 2 aliphatic rings. The molecule has 0 spiro atoms. The third-order valence-electron chi connectivity index (χ3n) is 4.60. The van der Waals surface area contributed by atoms with Crippen molar-refractivity contribution in [1.82, 2.24) is 4.90 Å². The Morgan fingerprint density at radius 1 is 1.22 bits per heavy atom. The zero-order valence-electron chi connectivity index (χ0n) is 11.2. The van der Waals surface area contributed by atoms with Crippen LogP contribution in [0.2, 0.25) is 0 Å². The van der Waals surface area contributed by atoms with E-state index in [9.17, 15) is 4.79 Å². The van der Waals surface area contributed by atoms with E-state index in [-0.39, 0.29) is 18.4 Å². The summed E-state index contributed by atoms with van der Waals surface area (Å²) in [6, 6.07) is 0.392. The van der Waals surface area contributed by atoms with Crippen LogP contribution in [-0.2, 0) is 4.79 Å². The van der Waals surface area contributed by atoms with Crippen LogP contribution < -0.4 is 5.73 Å². The Morgan fingerprint density at radius 2 is 1.94 bits per heavy atom. The third-order valence-corrected chi connectivity index (χ3v) is 4.60. The summed E-state index contributed by atoms with van der Waals surface area (Å²) in [4.78, 5) is 14.5. The monoisotopic (exact) mass is 254 g/mol. The van der Waals surface area contributed by atoms with Crippen molar-refractivity contribution < 1.29 is 9.90 Å². The van der Waals surface area contributed by atoms with Crippen molar-refractivity contribution in [2.24, 2.45) is 17.6 Å². The number of hydrogen-bond donors (Lipinski definition) is 2. The first-order valence-corrected chi connectivity index (χ1v) is 7.37. The Bertz CT molecular complexity index is 279. The molecule has 1 amide bonds. The normalized spacial score (nSPS) is 28.8. The molecule has 4 nitrogen and oxygen atoms in total. The molecule has 104 valence electrons. The molecule has 0 saturated heterocycles. The maximum Gasteiger partial charge on any atom is 0.226 e. The first-order valence-electron chi connectivity index (χ1n) is 7.37. The lowest BCUT2D eigenvalue weighted by atomic mass is 9.80. The summed E-state index contributed by atoms with van der Waals surface area (Å²) in [6.45, 7) is 1.29. The zero-order chi connectivity index (χ0) is 13.0. The fourth-order valence-electron chi connectivity index (χ4n) is 3.24. The van der Waals surface area contributed by atoms with Crippen LogP contribution in [0.25, 0.3) is 0 Å². The topological polar surface area (TPSA) is 66.6 Å². The first kappa shape index (κ1) is 13.8. The second-order valence-electron chi connectivity index (χ2n) is 5.81. The number of amides is 1. The number of nitrogens with two attached hydrogens (primary N) is 1. The minimum Gasteiger partial charge on any atom is -0.395 e. The van der Waals surface area contributed by atoms with Gasteiger partial charge in [-0.3, -0.25) is 4.79 Å². The summed E-state index contributed by atoms with van der Waals surface area (Å²) in [7, 11) is 0. The summed E-state index contributed by atoms with van der Waals surface area (Å²) in [5, 5.41) is 9.14. The van der Waals surface area contributed by atoms with Gasteiger partial charge < -0.3 is 15.7 Å². The molecule has 2 fully saturated rings. The molecule has 2 aliphatic carbocycles. The lowest BCUT2D eigenvalue weighted by Gasteiger charge is -2.40. The number of carbonyl (C=O) groups excluding carboxylic acids is 1. The molecule has 0 aliphatic heterocycles. The van der Waals surface area contributed by atoms with Crippen molar-refractivity contribution in [3.8, 4) is 0 Å². The van der Waals surface area contributed by atoms with E-state index in [0.29, 0.717) is 25.0 Å². The molecule has 2 rings (SSSR count). The second-order valence-corrected chi connectivity index (χ2v) is 5.81. The van der Waals surface area contributed by atoms with Gasteiger partial charge in [0.25, 0.3) is 0 Å². The van der Waals surface area contributed by atoms with Gasteiger partial charge in [-0.15, -0.1) is 0 Å². The molecule has 0 aromatic carbocycles. The van der Waals surface area contributed by atoms with Crippen LogP contribution in [0, 0.1) is 11.8 Å². The molecule has 0 bridgehead atoms. The molecule has 2 atom stereocenters. The van der Waals surface area contributed by atoms with Gasteiger partial charge in [0.15, 0.2) is 0 Å². The smallest absolute Gasteiger partial charge is 0.226 e. The summed E-state index contributed by atoms with van der Waals surface area (Å²) in [5.41, 5.74) is 5.73. The largest absolute Gasteiger partial charge is 0.395 e. The highest BCUT2D eigenvalue weighted by atomic mass is 16.3. The first-order chi connectivity index (χ1) is 8.76. The highest BCUT2D eigenvalue weighted by molar-refractivity contribution is 5.79. The van der Waals surface area contributed by atoms with Gasteiger partial charge >= 0.3 is 0 Å². The Balaban J connectivity index is 1.94. The Labute approximate surface area is 110 Å². The third kappa shape index (κ3) is 3.04. The number of hydrogen-bond acceptors (Lipinski definition) is 3. The molecule has 0 aromatic rings. The van der Waals surface area contributed by atoms with Gasteiger partial charge in [-0.2, -0.15) is 0 Å². The fourth-order valence-corrected chi connectivity index (χ4v) is 3.24. The van der Waals surface area contributed by atoms with Crippen molar-refractivity contribution in [3.63, 3.8) is 0 Å². The van der Waals surface area contributed by atoms with E-state index in [1.807, 2.05) is 4.90 Å². The number of carbonyl (C=O) groups is 1. The molecular formula is C14H26N2O2. The zero-order valence-corrected chi connectivity index (χ0v) is 11.2. The van der Waals surface area contributed by atoms with Crippen LogP contribution in [0.5, 0.6) is 0 Å². The summed E-state index contributed by atoms with van der Waals surface area (Å²) < 4.78 is 0. The maximum atomic E-state index is 12.6. The Kier molecular flexibility index (Phi) is 5.01. The number of aliphatic hydroxyl groups is 1. The van der Waals surface area contributed by atoms with Gasteiger partial charge in [0, 0.05) is 18.5 Å². The van der Waals surface area contributed by atoms with E-state index in [0.717, 1.165) is 32.1 Å². The van der Waals surface area contributed by atoms with Gasteiger partial charge in [-0.25, -0.2) is 0 Å². The summed E-state index contributed by atoms with van der Waals surface area (Å²) in [5.74, 6) is 0.941. The lowest BCUT2D eigenvalue weighted by Crippen LogP contribution is -2.49. The SMILES string of the molecule is NCC1CCCC(C(=O)N(CCO)C2CCC2)C1. The highest BCUT2D eigenvalue weighted by Gasteiger charge is 2.34. The minimum absolute atomic E-state index is 0.0786. The number of rotatable bonds is 5. The van der Waals surface area contributed by atoms with Crippen molar-refractivity contribution in [2.45, 2.75) is 51.0 Å². The quantitative estimate of drug-likeness (QED) is 0.773. The van der Waals surface area contributed by atoms with E-state index in [4.69, 9.17) is 10.8 Å². The van der Waals surface area contributed by atoms with Crippen LogP contribution in [0.15, 0.2) is 0 Å². The average molecular weight is 254 g/mol. The minimum atomic E-state index is 0.0786. The van der Waals surface area contributed by atoms with Crippen molar-refractivity contribution in [2.75, 3.05) is 19.7 Å². The van der Waals surface area contributed by atoms with E-state index in [1.165, 1.54) is 12.8 Å². The molecule has 2 unspecified atom stereocenters. The van der Waals surface area contributed by atoms with Crippen LogP contribution in [0.3, 0.4) is 0 Å². The van der Waals surface area contributed by atoms with E-state index >= 15 is 0 Å². The van der Waals surface area contributed by atoms with Gasteiger partial charge in [0.2, 0.25) is 5.91 Å². The van der Waals surface area contributed by atoms with Crippen molar-refractivity contribution in [3.05, 3.63) is 0 Å². The average Bonchev–Trinajstić information content (AvgIpc) is 2.35. The Morgan fingerprint density at radius 3 is 2.50 bits per heavy atom.